The predicted octanol–water partition coefficient (Wildman–Crippen LogP) is 1.86. The Kier molecular flexibility index (Phi) is 2.88. The molecule has 1 saturated heterocycles. The van der Waals surface area contributed by atoms with Crippen LogP contribution in [-0.2, 0) is 6.54 Å². The van der Waals surface area contributed by atoms with Crippen LogP contribution in [0, 0.1) is 0 Å². The highest BCUT2D eigenvalue weighted by molar-refractivity contribution is 5.34. The molecule has 88 valence electrons. The minimum atomic E-state index is 1.04. The van der Waals surface area contributed by atoms with Gasteiger partial charge in [-0.2, -0.15) is 5.10 Å². The van der Waals surface area contributed by atoms with Crippen LogP contribution in [0.15, 0.2) is 36.9 Å². The van der Waals surface area contributed by atoms with Crippen LogP contribution in [0.25, 0.3) is 5.69 Å². The predicted molar refractivity (Wildman–Crippen MR) is 65.9 cm³/mol. The van der Waals surface area contributed by atoms with Crippen LogP contribution < -0.4 is 0 Å². The van der Waals surface area contributed by atoms with E-state index in [-0.39, 0.29) is 0 Å². The molecule has 0 bridgehead atoms. The van der Waals surface area contributed by atoms with Gasteiger partial charge in [0.1, 0.15) is 12.7 Å². The molecule has 1 aromatic carbocycles. The summed E-state index contributed by atoms with van der Waals surface area (Å²) >= 11 is 0. The fraction of sp³-hybridized carbons (Fsp3) is 0.385. The second-order valence-electron chi connectivity index (χ2n) is 4.49. The molecule has 0 radical (unpaired) electrons. The van der Waals surface area contributed by atoms with Crippen molar-refractivity contribution in [2.45, 2.75) is 19.4 Å². The number of hydrogen-bond acceptors (Lipinski definition) is 3. The third-order valence-corrected chi connectivity index (χ3v) is 3.20. The summed E-state index contributed by atoms with van der Waals surface area (Å²) in [6, 6.07) is 8.51. The normalized spacial score (nSPS) is 16.5. The highest BCUT2D eigenvalue weighted by Gasteiger charge is 2.11. The van der Waals surface area contributed by atoms with Crippen LogP contribution in [-0.4, -0.2) is 32.8 Å². The van der Waals surface area contributed by atoms with Gasteiger partial charge in [0.25, 0.3) is 0 Å². The second-order valence-corrected chi connectivity index (χ2v) is 4.49. The molecular weight excluding hydrogens is 212 g/mol. The number of benzene rings is 1. The lowest BCUT2D eigenvalue weighted by Crippen LogP contribution is -2.18. The molecule has 0 N–H and O–H groups in total. The molecule has 1 fully saturated rings. The molecule has 17 heavy (non-hydrogen) atoms. The standard InChI is InChI=1S/C13H16N4/c1-2-7-16(6-1)9-12-4-3-5-13(8-12)17-11-14-10-15-17/h3-5,8,10-11H,1-2,6-7,9H2. The third-order valence-electron chi connectivity index (χ3n) is 3.20. The maximum atomic E-state index is 4.15. The number of nitrogens with zero attached hydrogens (tertiary/aromatic N) is 4. The van der Waals surface area contributed by atoms with Crippen molar-refractivity contribution < 1.29 is 0 Å². The fourth-order valence-electron chi connectivity index (χ4n) is 2.34. The van der Waals surface area contributed by atoms with E-state index in [2.05, 4.69) is 39.2 Å². The monoisotopic (exact) mass is 228 g/mol. The van der Waals surface area contributed by atoms with E-state index in [9.17, 15) is 0 Å². The van der Waals surface area contributed by atoms with Gasteiger partial charge in [0, 0.05) is 6.54 Å². The summed E-state index contributed by atoms with van der Waals surface area (Å²) < 4.78 is 1.80. The maximum absolute atomic E-state index is 4.15. The van der Waals surface area contributed by atoms with E-state index >= 15 is 0 Å². The zero-order valence-electron chi connectivity index (χ0n) is 9.79. The molecule has 3 rings (SSSR count). The van der Waals surface area contributed by atoms with Crippen molar-refractivity contribution in [1.82, 2.24) is 19.7 Å². The lowest BCUT2D eigenvalue weighted by molar-refractivity contribution is 0.331. The summed E-state index contributed by atoms with van der Waals surface area (Å²) in [6.07, 6.45) is 5.97. The van der Waals surface area contributed by atoms with Crippen molar-refractivity contribution in [3.05, 3.63) is 42.5 Å². The quantitative estimate of drug-likeness (QED) is 0.804. The van der Waals surface area contributed by atoms with Crippen LogP contribution in [0.4, 0.5) is 0 Å². The summed E-state index contributed by atoms with van der Waals surface area (Å²) in [5.41, 5.74) is 2.43. The lowest BCUT2D eigenvalue weighted by Gasteiger charge is -2.14. The van der Waals surface area contributed by atoms with Gasteiger partial charge in [-0.05, 0) is 43.6 Å². The minimum Gasteiger partial charge on any atom is -0.299 e. The van der Waals surface area contributed by atoms with Crippen molar-refractivity contribution in [1.29, 1.82) is 0 Å². The van der Waals surface area contributed by atoms with Crippen molar-refractivity contribution in [2.24, 2.45) is 0 Å². The number of rotatable bonds is 3. The lowest BCUT2D eigenvalue weighted by atomic mass is 10.2. The molecule has 0 spiro atoms. The van der Waals surface area contributed by atoms with Gasteiger partial charge in [0.15, 0.2) is 0 Å². The Balaban J connectivity index is 1.79. The van der Waals surface area contributed by atoms with Gasteiger partial charge in [-0.1, -0.05) is 12.1 Å². The summed E-state index contributed by atoms with van der Waals surface area (Å²) in [4.78, 5) is 6.47. The van der Waals surface area contributed by atoms with Gasteiger partial charge in [-0.25, -0.2) is 9.67 Å². The highest BCUT2D eigenvalue weighted by Crippen LogP contribution is 2.15. The van der Waals surface area contributed by atoms with E-state index in [4.69, 9.17) is 0 Å². The molecule has 1 aromatic heterocycles. The van der Waals surface area contributed by atoms with E-state index in [1.807, 2.05) is 0 Å². The molecule has 0 aliphatic carbocycles. The topological polar surface area (TPSA) is 34.0 Å². The number of hydrogen-bond donors (Lipinski definition) is 0. The highest BCUT2D eigenvalue weighted by atomic mass is 15.3. The largest absolute Gasteiger partial charge is 0.299 e. The molecule has 0 unspecified atom stereocenters. The SMILES string of the molecule is c1cc(CN2CCCC2)cc(-n2cncn2)c1. The minimum absolute atomic E-state index is 1.04. The van der Waals surface area contributed by atoms with E-state index in [1.165, 1.54) is 31.5 Å². The van der Waals surface area contributed by atoms with Gasteiger partial charge in [0.05, 0.1) is 5.69 Å². The molecule has 0 atom stereocenters. The Morgan fingerprint density at radius 3 is 2.82 bits per heavy atom. The van der Waals surface area contributed by atoms with Crippen molar-refractivity contribution in [3.63, 3.8) is 0 Å². The zero-order valence-corrected chi connectivity index (χ0v) is 9.79. The Labute approximate surface area is 101 Å². The van der Waals surface area contributed by atoms with Crippen LogP contribution in [0.2, 0.25) is 0 Å². The molecule has 2 heterocycles. The molecule has 1 aliphatic heterocycles. The first kappa shape index (κ1) is 10.5. The maximum Gasteiger partial charge on any atom is 0.138 e. The van der Waals surface area contributed by atoms with Crippen LogP contribution in [0.5, 0.6) is 0 Å². The van der Waals surface area contributed by atoms with Crippen molar-refractivity contribution in [3.8, 4) is 5.69 Å². The molecule has 1 aliphatic rings. The first-order valence-electron chi connectivity index (χ1n) is 6.08. The van der Waals surface area contributed by atoms with Crippen LogP contribution in [0.3, 0.4) is 0 Å². The van der Waals surface area contributed by atoms with E-state index in [1.54, 1.807) is 17.3 Å². The summed E-state index contributed by atoms with van der Waals surface area (Å²) in [7, 11) is 0. The average Bonchev–Trinajstić information content (AvgIpc) is 3.01. The van der Waals surface area contributed by atoms with Gasteiger partial charge >= 0.3 is 0 Å². The summed E-state index contributed by atoms with van der Waals surface area (Å²) in [5, 5.41) is 4.15. The van der Waals surface area contributed by atoms with Gasteiger partial charge in [-0.3, -0.25) is 4.90 Å². The smallest absolute Gasteiger partial charge is 0.138 e. The zero-order chi connectivity index (χ0) is 11.5. The van der Waals surface area contributed by atoms with E-state index in [0.29, 0.717) is 0 Å². The summed E-state index contributed by atoms with van der Waals surface area (Å²) in [6.45, 7) is 3.50. The second kappa shape index (κ2) is 4.67. The van der Waals surface area contributed by atoms with Gasteiger partial charge in [-0.15, -0.1) is 0 Å². The van der Waals surface area contributed by atoms with Crippen LogP contribution >= 0.6 is 0 Å². The Bertz CT molecular complexity index is 472. The number of aromatic nitrogens is 3. The van der Waals surface area contributed by atoms with E-state index < -0.39 is 0 Å². The Morgan fingerprint density at radius 2 is 2.06 bits per heavy atom. The molecule has 4 heteroatoms. The first-order chi connectivity index (χ1) is 8.42. The Hall–Kier alpha value is -1.68. The third kappa shape index (κ3) is 2.36. The average molecular weight is 228 g/mol. The number of likely N-dealkylation sites (tertiary alicyclic amines) is 1. The molecule has 2 aromatic rings. The fourth-order valence-corrected chi connectivity index (χ4v) is 2.34. The molecule has 0 saturated carbocycles. The van der Waals surface area contributed by atoms with Crippen molar-refractivity contribution in [2.75, 3.05) is 13.1 Å². The molecule has 4 nitrogen and oxygen atoms in total. The first-order valence-corrected chi connectivity index (χ1v) is 6.08. The molecule has 0 amide bonds. The van der Waals surface area contributed by atoms with Gasteiger partial charge in [0.2, 0.25) is 0 Å². The Morgan fingerprint density at radius 1 is 1.18 bits per heavy atom. The molecular formula is C13H16N4. The van der Waals surface area contributed by atoms with Crippen LogP contribution in [0.1, 0.15) is 18.4 Å². The van der Waals surface area contributed by atoms with Crippen molar-refractivity contribution >= 4 is 0 Å². The van der Waals surface area contributed by atoms with Gasteiger partial charge < -0.3 is 0 Å². The summed E-state index contributed by atoms with van der Waals surface area (Å²) in [5.74, 6) is 0. The van der Waals surface area contributed by atoms with E-state index in [0.717, 1.165) is 12.2 Å².